The zero-order chi connectivity index (χ0) is 15.0. The van der Waals surface area contributed by atoms with E-state index < -0.39 is 10.0 Å². The minimum absolute atomic E-state index is 0. The fourth-order valence-corrected chi connectivity index (χ4v) is 4.10. The van der Waals surface area contributed by atoms with Crippen LogP contribution in [0, 0.1) is 0 Å². The van der Waals surface area contributed by atoms with Crippen LogP contribution in [0.5, 0.6) is 0 Å². The first-order chi connectivity index (χ1) is 10.0. The lowest BCUT2D eigenvalue weighted by Crippen LogP contribution is -2.36. The van der Waals surface area contributed by atoms with Gasteiger partial charge in [-0.2, -0.15) is 8.42 Å². The van der Waals surface area contributed by atoms with E-state index in [1.165, 1.54) is 10.6 Å². The minimum Gasteiger partial charge on any atom is -0.398 e. The number of nitrogens with zero attached hydrogens (tertiary/aromatic N) is 3. The molecule has 2 heterocycles. The van der Waals surface area contributed by atoms with Gasteiger partial charge in [-0.3, -0.25) is 4.31 Å². The zero-order valence-electron chi connectivity index (χ0n) is 12.3. The van der Waals surface area contributed by atoms with Crippen molar-refractivity contribution < 1.29 is 8.42 Å². The number of aryl methyl sites for hydroxylation is 1. The largest absolute Gasteiger partial charge is 0.398 e. The number of rotatable bonds is 3. The van der Waals surface area contributed by atoms with Crippen LogP contribution in [0.1, 0.15) is 18.9 Å². The topological polar surface area (TPSA) is 81.2 Å². The average Bonchev–Trinajstić information content (AvgIpc) is 2.97. The van der Waals surface area contributed by atoms with Crippen molar-refractivity contribution in [3.05, 3.63) is 36.3 Å². The molecule has 0 saturated heterocycles. The average molecular weight is 343 g/mol. The van der Waals surface area contributed by atoms with Gasteiger partial charge in [0, 0.05) is 25.0 Å². The lowest BCUT2D eigenvalue weighted by atomic mass is 10.0. The quantitative estimate of drug-likeness (QED) is 0.865. The van der Waals surface area contributed by atoms with E-state index in [2.05, 4.69) is 4.98 Å². The smallest absolute Gasteiger partial charge is 0.283 e. The minimum atomic E-state index is -3.64. The standard InChI is InChI=1S/C14H18N4O2S.ClH/c1-2-17-9-14(16-10-17)21(19,20)18-8-4-5-11-12(15)6-3-7-13(11)18;/h3,6-7,9-10H,2,4-5,8,15H2,1H3;1H. The highest BCUT2D eigenvalue weighted by molar-refractivity contribution is 7.92. The molecule has 1 aromatic carbocycles. The summed E-state index contributed by atoms with van der Waals surface area (Å²) in [5, 5.41) is 0.0830. The molecule has 3 rings (SSSR count). The van der Waals surface area contributed by atoms with E-state index >= 15 is 0 Å². The van der Waals surface area contributed by atoms with Gasteiger partial charge in [-0.1, -0.05) is 6.07 Å². The first-order valence-electron chi connectivity index (χ1n) is 6.96. The van der Waals surface area contributed by atoms with Gasteiger partial charge in [0.15, 0.2) is 5.03 Å². The predicted octanol–water partition coefficient (Wildman–Crippen LogP) is 2.05. The highest BCUT2D eigenvalue weighted by atomic mass is 35.5. The Morgan fingerprint density at radius 3 is 2.82 bits per heavy atom. The number of nitrogens with two attached hydrogens (primary N) is 1. The molecule has 0 spiro atoms. The van der Waals surface area contributed by atoms with Crippen molar-refractivity contribution in [3.63, 3.8) is 0 Å². The molecule has 1 aliphatic rings. The summed E-state index contributed by atoms with van der Waals surface area (Å²) in [6.07, 6.45) is 4.67. The Labute approximate surface area is 136 Å². The van der Waals surface area contributed by atoms with Crippen LogP contribution in [0.4, 0.5) is 11.4 Å². The van der Waals surface area contributed by atoms with Gasteiger partial charge in [0.2, 0.25) is 0 Å². The summed E-state index contributed by atoms with van der Waals surface area (Å²) in [6, 6.07) is 5.40. The van der Waals surface area contributed by atoms with Crippen molar-refractivity contribution in [1.82, 2.24) is 9.55 Å². The third-order valence-corrected chi connectivity index (χ3v) is 5.47. The van der Waals surface area contributed by atoms with Gasteiger partial charge < -0.3 is 10.3 Å². The van der Waals surface area contributed by atoms with Crippen LogP contribution in [0.25, 0.3) is 0 Å². The molecule has 0 bridgehead atoms. The Balaban J connectivity index is 0.00000176. The number of benzene rings is 1. The van der Waals surface area contributed by atoms with Gasteiger partial charge in [-0.15, -0.1) is 12.4 Å². The number of sulfonamides is 1. The molecular formula is C14H19ClN4O2S. The fourth-order valence-electron chi connectivity index (χ4n) is 2.63. The molecule has 2 aromatic rings. The maximum Gasteiger partial charge on any atom is 0.283 e. The Bertz CT molecular complexity index is 773. The first-order valence-corrected chi connectivity index (χ1v) is 8.40. The van der Waals surface area contributed by atoms with Crippen molar-refractivity contribution in [3.8, 4) is 0 Å². The van der Waals surface area contributed by atoms with Crippen molar-refractivity contribution in [1.29, 1.82) is 0 Å². The molecule has 2 N–H and O–H groups in total. The number of fused-ring (bicyclic) bond motifs is 1. The molecule has 1 aliphatic heterocycles. The molecule has 0 amide bonds. The molecule has 1 aromatic heterocycles. The molecular weight excluding hydrogens is 324 g/mol. The summed E-state index contributed by atoms with van der Waals surface area (Å²) in [7, 11) is -3.64. The van der Waals surface area contributed by atoms with Crippen LogP contribution in [0.15, 0.2) is 35.7 Å². The summed E-state index contributed by atoms with van der Waals surface area (Å²) < 4.78 is 28.8. The Morgan fingerprint density at radius 1 is 1.36 bits per heavy atom. The molecule has 0 fully saturated rings. The second kappa shape index (κ2) is 6.18. The predicted molar refractivity (Wildman–Crippen MR) is 88.9 cm³/mol. The number of hydrogen-bond acceptors (Lipinski definition) is 4. The van der Waals surface area contributed by atoms with Crippen molar-refractivity contribution in [2.24, 2.45) is 0 Å². The fraction of sp³-hybridized carbons (Fsp3) is 0.357. The number of anilines is 2. The van der Waals surface area contributed by atoms with E-state index in [1.807, 2.05) is 6.92 Å². The summed E-state index contributed by atoms with van der Waals surface area (Å²) in [6.45, 7) is 3.08. The van der Waals surface area contributed by atoms with Crippen molar-refractivity contribution in [2.45, 2.75) is 31.3 Å². The molecule has 0 atom stereocenters. The van der Waals surface area contributed by atoms with E-state index in [0.717, 1.165) is 18.4 Å². The lowest BCUT2D eigenvalue weighted by Gasteiger charge is -2.30. The molecule has 0 saturated carbocycles. The van der Waals surface area contributed by atoms with Gasteiger partial charge in [0.05, 0.1) is 12.0 Å². The van der Waals surface area contributed by atoms with E-state index in [-0.39, 0.29) is 17.4 Å². The summed E-state index contributed by atoms with van der Waals surface area (Å²) in [5.74, 6) is 0. The number of halogens is 1. The summed E-state index contributed by atoms with van der Waals surface area (Å²) >= 11 is 0. The maximum absolute atomic E-state index is 12.8. The normalized spacial score (nSPS) is 14.3. The third kappa shape index (κ3) is 2.66. The number of imidazole rings is 1. The first kappa shape index (κ1) is 16.6. The van der Waals surface area contributed by atoms with E-state index in [1.54, 1.807) is 29.0 Å². The van der Waals surface area contributed by atoms with Gasteiger partial charge in [0.25, 0.3) is 10.0 Å². The van der Waals surface area contributed by atoms with Crippen molar-refractivity contribution in [2.75, 3.05) is 16.6 Å². The zero-order valence-corrected chi connectivity index (χ0v) is 13.9. The maximum atomic E-state index is 12.8. The molecule has 0 radical (unpaired) electrons. The van der Waals surface area contributed by atoms with Crippen LogP contribution in [0.3, 0.4) is 0 Å². The molecule has 6 nitrogen and oxygen atoms in total. The van der Waals surface area contributed by atoms with E-state index in [9.17, 15) is 8.42 Å². The number of nitrogen functional groups attached to an aromatic ring is 1. The highest BCUT2D eigenvalue weighted by Crippen LogP contribution is 2.34. The van der Waals surface area contributed by atoms with Crippen molar-refractivity contribution >= 4 is 33.8 Å². The van der Waals surface area contributed by atoms with Crippen LogP contribution < -0.4 is 10.0 Å². The number of hydrogen-bond donors (Lipinski definition) is 1. The second-order valence-corrected chi connectivity index (χ2v) is 6.88. The molecule has 8 heteroatoms. The Morgan fingerprint density at radius 2 is 2.14 bits per heavy atom. The highest BCUT2D eigenvalue weighted by Gasteiger charge is 2.31. The third-order valence-electron chi connectivity index (χ3n) is 3.77. The van der Waals surface area contributed by atoms with Gasteiger partial charge in [-0.05, 0) is 37.5 Å². The van der Waals surface area contributed by atoms with E-state index in [4.69, 9.17) is 5.73 Å². The lowest BCUT2D eigenvalue weighted by molar-refractivity contribution is 0.583. The summed E-state index contributed by atoms with van der Waals surface area (Å²) in [5.41, 5.74) is 8.19. The molecule has 120 valence electrons. The van der Waals surface area contributed by atoms with Gasteiger partial charge in [-0.25, -0.2) is 4.98 Å². The Kier molecular flexibility index (Phi) is 4.67. The van der Waals surface area contributed by atoms with Crippen LogP contribution in [0.2, 0.25) is 0 Å². The van der Waals surface area contributed by atoms with Gasteiger partial charge in [0.1, 0.15) is 0 Å². The van der Waals surface area contributed by atoms with Crippen LogP contribution in [-0.2, 0) is 23.0 Å². The molecule has 22 heavy (non-hydrogen) atoms. The monoisotopic (exact) mass is 342 g/mol. The second-order valence-electron chi connectivity index (χ2n) is 5.07. The number of aromatic nitrogens is 2. The molecule has 0 unspecified atom stereocenters. The molecule has 0 aliphatic carbocycles. The van der Waals surface area contributed by atoms with Gasteiger partial charge >= 0.3 is 0 Å². The van der Waals surface area contributed by atoms with Crippen LogP contribution in [-0.4, -0.2) is 24.5 Å². The van der Waals surface area contributed by atoms with Crippen LogP contribution >= 0.6 is 12.4 Å². The van der Waals surface area contributed by atoms with E-state index in [0.29, 0.717) is 24.5 Å². The SMILES string of the molecule is CCn1cnc(S(=O)(=O)N2CCCc3c(N)cccc32)c1.Cl. The Hall–Kier alpha value is -1.73. The summed E-state index contributed by atoms with van der Waals surface area (Å²) in [4.78, 5) is 4.03.